The van der Waals surface area contributed by atoms with Crippen molar-refractivity contribution in [3.05, 3.63) is 29.1 Å². The average Bonchev–Trinajstić information content (AvgIpc) is 2.66. The Morgan fingerprint density at radius 2 is 2.35 bits per heavy atom. The van der Waals surface area contributed by atoms with Crippen molar-refractivity contribution in [3.63, 3.8) is 0 Å². The first kappa shape index (κ1) is 12.0. The summed E-state index contributed by atoms with van der Waals surface area (Å²) in [6.45, 7) is -1.16. The number of rotatable bonds is 3. The summed E-state index contributed by atoms with van der Waals surface area (Å²) in [4.78, 5) is 11.4. The quantitative estimate of drug-likeness (QED) is 0.606. The summed E-state index contributed by atoms with van der Waals surface area (Å²) in [6, 6.07) is 2.28. The van der Waals surface area contributed by atoms with Gasteiger partial charge in [-0.2, -0.15) is 0 Å². The molecule has 1 heterocycles. The van der Waals surface area contributed by atoms with Crippen LogP contribution in [-0.2, 0) is 16.0 Å². The molecule has 0 aliphatic carbocycles. The number of alkyl halides is 1. The lowest BCUT2D eigenvalue weighted by molar-refractivity contribution is 0.0476. The molecule has 4 nitrogen and oxygen atoms in total. The molecule has 0 bridgehead atoms. The summed E-state index contributed by atoms with van der Waals surface area (Å²) < 4.78 is 34.7. The van der Waals surface area contributed by atoms with E-state index in [4.69, 9.17) is 4.65 Å². The highest BCUT2D eigenvalue weighted by Crippen LogP contribution is 2.16. The van der Waals surface area contributed by atoms with Crippen LogP contribution in [0, 0.1) is 5.82 Å². The van der Waals surface area contributed by atoms with Crippen LogP contribution in [0.25, 0.3) is 0 Å². The van der Waals surface area contributed by atoms with Gasteiger partial charge in [-0.05, 0) is 23.2 Å². The predicted octanol–water partition coefficient (Wildman–Crippen LogP) is 0.170. The number of fused-ring (bicyclic) bond motifs is 1. The van der Waals surface area contributed by atoms with Crippen LogP contribution in [0.4, 0.5) is 8.78 Å². The highest BCUT2D eigenvalue weighted by Gasteiger charge is 2.30. The van der Waals surface area contributed by atoms with E-state index >= 15 is 0 Å². The van der Waals surface area contributed by atoms with E-state index in [0.717, 1.165) is 6.07 Å². The van der Waals surface area contributed by atoms with Crippen LogP contribution in [0.5, 0.6) is 0 Å². The minimum atomic E-state index is -1.17. The van der Waals surface area contributed by atoms with Gasteiger partial charge in [-0.25, -0.2) is 13.6 Å². The van der Waals surface area contributed by atoms with Crippen LogP contribution in [0.2, 0.25) is 0 Å². The lowest BCUT2D eigenvalue weighted by atomic mass is 9.78. The molecule has 0 unspecified atom stereocenters. The van der Waals surface area contributed by atoms with E-state index in [2.05, 4.69) is 4.74 Å². The maximum Gasteiger partial charge on any atom is 0.491 e. The van der Waals surface area contributed by atoms with E-state index in [0.29, 0.717) is 11.0 Å². The molecule has 90 valence electrons. The largest absolute Gasteiger partial charge is 0.491 e. The van der Waals surface area contributed by atoms with Crippen molar-refractivity contribution in [1.29, 1.82) is 0 Å². The first-order valence-electron chi connectivity index (χ1n) is 4.98. The second-order valence-electron chi connectivity index (χ2n) is 3.52. The van der Waals surface area contributed by atoms with E-state index < -0.39 is 32.2 Å². The standard InChI is InChI=1S/C10H9BF2O4/c12-1-2-16-10(14)7-4-8-6(3-9(7)13)5-17-11(8)15/h3-4,15H,1-2,5H2. The van der Waals surface area contributed by atoms with E-state index in [1.54, 1.807) is 0 Å². The number of halogens is 2. The summed E-state index contributed by atoms with van der Waals surface area (Å²) in [5.41, 5.74) is 0.484. The molecule has 0 fully saturated rings. The van der Waals surface area contributed by atoms with Gasteiger partial charge in [0.15, 0.2) is 0 Å². The molecule has 1 aliphatic rings. The number of carbonyl (C=O) groups excluding carboxylic acids is 1. The second kappa shape index (κ2) is 4.81. The molecule has 0 saturated carbocycles. The molecule has 1 aliphatic heterocycles. The lowest BCUT2D eigenvalue weighted by Crippen LogP contribution is -2.29. The van der Waals surface area contributed by atoms with Crippen molar-refractivity contribution in [2.75, 3.05) is 13.3 Å². The molecule has 2 rings (SSSR count). The number of carbonyl (C=O) groups is 1. The van der Waals surface area contributed by atoms with Gasteiger partial charge in [0, 0.05) is 0 Å². The molecule has 0 radical (unpaired) electrons. The third-order valence-electron chi connectivity index (χ3n) is 2.42. The molecule has 0 aromatic heterocycles. The topological polar surface area (TPSA) is 55.8 Å². The van der Waals surface area contributed by atoms with Gasteiger partial charge in [0.25, 0.3) is 0 Å². The Morgan fingerprint density at radius 1 is 1.59 bits per heavy atom. The van der Waals surface area contributed by atoms with Gasteiger partial charge in [0.2, 0.25) is 0 Å². The summed E-state index contributed by atoms with van der Waals surface area (Å²) in [7, 11) is -1.17. The smallest absolute Gasteiger partial charge is 0.459 e. The molecule has 0 amide bonds. The third-order valence-corrected chi connectivity index (χ3v) is 2.42. The Bertz CT molecular complexity index is 452. The Hall–Kier alpha value is -1.47. The highest BCUT2D eigenvalue weighted by molar-refractivity contribution is 6.61. The molecule has 0 spiro atoms. The normalized spacial score (nSPS) is 13.7. The molecule has 1 aromatic rings. The van der Waals surface area contributed by atoms with Crippen molar-refractivity contribution >= 4 is 18.6 Å². The summed E-state index contributed by atoms with van der Waals surface area (Å²) in [6.07, 6.45) is 0. The van der Waals surface area contributed by atoms with Crippen molar-refractivity contribution < 1.29 is 28.0 Å². The lowest BCUT2D eigenvalue weighted by Gasteiger charge is -2.06. The van der Waals surface area contributed by atoms with Crippen molar-refractivity contribution in [2.45, 2.75) is 6.61 Å². The van der Waals surface area contributed by atoms with E-state index in [1.165, 1.54) is 6.07 Å². The van der Waals surface area contributed by atoms with Gasteiger partial charge >= 0.3 is 13.1 Å². The van der Waals surface area contributed by atoms with Gasteiger partial charge in [-0.1, -0.05) is 0 Å². The van der Waals surface area contributed by atoms with Gasteiger partial charge in [0.1, 0.15) is 19.1 Å². The van der Waals surface area contributed by atoms with Crippen LogP contribution in [-0.4, -0.2) is 31.4 Å². The van der Waals surface area contributed by atoms with Crippen molar-refractivity contribution in [2.24, 2.45) is 0 Å². The molecule has 0 saturated heterocycles. The minimum absolute atomic E-state index is 0.0905. The maximum absolute atomic E-state index is 13.5. The molecule has 0 atom stereocenters. The maximum atomic E-state index is 13.5. The minimum Gasteiger partial charge on any atom is -0.459 e. The van der Waals surface area contributed by atoms with E-state index in [-0.39, 0.29) is 12.2 Å². The first-order valence-corrected chi connectivity index (χ1v) is 4.98. The van der Waals surface area contributed by atoms with Crippen LogP contribution in [0.1, 0.15) is 15.9 Å². The number of hydrogen-bond acceptors (Lipinski definition) is 4. The van der Waals surface area contributed by atoms with Crippen molar-refractivity contribution in [1.82, 2.24) is 0 Å². The predicted molar refractivity (Wildman–Crippen MR) is 55.1 cm³/mol. The fourth-order valence-electron chi connectivity index (χ4n) is 1.61. The van der Waals surface area contributed by atoms with Gasteiger partial charge in [0.05, 0.1) is 12.2 Å². The fourth-order valence-corrected chi connectivity index (χ4v) is 1.61. The summed E-state index contributed by atoms with van der Waals surface area (Å²) in [5.74, 6) is -1.73. The Balaban J connectivity index is 2.29. The molecular formula is C10H9BF2O4. The zero-order valence-corrected chi connectivity index (χ0v) is 8.78. The summed E-state index contributed by atoms with van der Waals surface area (Å²) >= 11 is 0. The Kier molecular flexibility index (Phi) is 3.39. The molecule has 1 aromatic carbocycles. The Morgan fingerprint density at radius 3 is 3.06 bits per heavy atom. The van der Waals surface area contributed by atoms with Crippen LogP contribution in [0.3, 0.4) is 0 Å². The zero-order chi connectivity index (χ0) is 12.4. The van der Waals surface area contributed by atoms with Gasteiger partial charge in [-0.15, -0.1) is 0 Å². The number of hydrogen-bond donors (Lipinski definition) is 1. The summed E-state index contributed by atoms with van der Waals surface area (Å²) in [5, 5.41) is 9.40. The first-order chi connectivity index (χ1) is 8.13. The van der Waals surface area contributed by atoms with Gasteiger partial charge in [-0.3, -0.25) is 0 Å². The zero-order valence-electron chi connectivity index (χ0n) is 8.78. The third kappa shape index (κ3) is 2.30. The second-order valence-corrected chi connectivity index (χ2v) is 3.52. The molecule has 17 heavy (non-hydrogen) atoms. The average molecular weight is 242 g/mol. The Labute approximate surface area is 96.3 Å². The molecule has 7 heteroatoms. The number of benzene rings is 1. The van der Waals surface area contributed by atoms with E-state index in [9.17, 15) is 18.6 Å². The molecular weight excluding hydrogens is 233 g/mol. The van der Waals surface area contributed by atoms with Crippen LogP contribution >= 0.6 is 0 Å². The highest BCUT2D eigenvalue weighted by atomic mass is 19.1. The number of ether oxygens (including phenoxy) is 1. The molecule has 1 N–H and O–H groups in total. The monoisotopic (exact) mass is 242 g/mol. The van der Waals surface area contributed by atoms with E-state index in [1.807, 2.05) is 0 Å². The SMILES string of the molecule is O=C(OCCF)c1cc2c(cc1F)COB2O. The van der Waals surface area contributed by atoms with Crippen LogP contribution < -0.4 is 5.46 Å². The number of esters is 1. The fraction of sp³-hybridized carbons (Fsp3) is 0.300. The van der Waals surface area contributed by atoms with Crippen molar-refractivity contribution in [3.8, 4) is 0 Å². The van der Waals surface area contributed by atoms with Crippen LogP contribution in [0.15, 0.2) is 12.1 Å². The van der Waals surface area contributed by atoms with Gasteiger partial charge < -0.3 is 14.4 Å².